The molecular formula is C21H24N4O. The van der Waals surface area contributed by atoms with E-state index in [1.165, 1.54) is 11.1 Å². The predicted molar refractivity (Wildman–Crippen MR) is 107 cm³/mol. The van der Waals surface area contributed by atoms with E-state index in [0.29, 0.717) is 12.6 Å². The molecule has 3 aromatic rings. The van der Waals surface area contributed by atoms with Gasteiger partial charge in [0.25, 0.3) is 0 Å². The van der Waals surface area contributed by atoms with E-state index in [9.17, 15) is 0 Å². The van der Waals surface area contributed by atoms with Gasteiger partial charge in [-0.3, -0.25) is 0 Å². The number of hydrogen-bond acceptors (Lipinski definition) is 5. The molecule has 2 aromatic carbocycles. The van der Waals surface area contributed by atoms with Gasteiger partial charge in [-0.05, 0) is 75.2 Å². The lowest BCUT2D eigenvalue weighted by Crippen LogP contribution is -2.02. The minimum Gasteiger partial charge on any atom is -0.494 e. The van der Waals surface area contributed by atoms with Gasteiger partial charge in [0.15, 0.2) is 0 Å². The van der Waals surface area contributed by atoms with Gasteiger partial charge in [0.1, 0.15) is 11.6 Å². The Balaban J connectivity index is 1.78. The minimum absolute atomic E-state index is 0.573. The second-order valence-corrected chi connectivity index (χ2v) is 6.30. The van der Waals surface area contributed by atoms with Crippen LogP contribution in [0.4, 0.5) is 23.1 Å². The van der Waals surface area contributed by atoms with E-state index < -0.39 is 0 Å². The maximum atomic E-state index is 5.47. The van der Waals surface area contributed by atoms with Gasteiger partial charge >= 0.3 is 0 Å². The highest BCUT2D eigenvalue weighted by Crippen LogP contribution is 2.22. The number of hydrogen-bond donors (Lipinski definition) is 2. The number of nitrogens with one attached hydrogen (secondary N) is 2. The van der Waals surface area contributed by atoms with Crippen molar-refractivity contribution < 1.29 is 4.74 Å². The van der Waals surface area contributed by atoms with Gasteiger partial charge in [-0.15, -0.1) is 0 Å². The van der Waals surface area contributed by atoms with Crippen LogP contribution >= 0.6 is 0 Å². The largest absolute Gasteiger partial charge is 0.494 e. The SMILES string of the molecule is CCOc1ccc(Nc2cc(C)nc(Nc3cc(C)cc(C)c3)n2)cc1. The number of ether oxygens (including phenoxy) is 1. The first kappa shape index (κ1) is 17.7. The molecule has 0 aliphatic heterocycles. The molecule has 0 saturated heterocycles. The third kappa shape index (κ3) is 4.72. The lowest BCUT2D eigenvalue weighted by atomic mass is 10.1. The van der Waals surface area contributed by atoms with E-state index in [0.717, 1.165) is 28.6 Å². The maximum Gasteiger partial charge on any atom is 0.229 e. The average molecular weight is 348 g/mol. The van der Waals surface area contributed by atoms with Gasteiger partial charge in [-0.25, -0.2) is 4.98 Å². The van der Waals surface area contributed by atoms with Gasteiger partial charge in [-0.1, -0.05) is 6.07 Å². The summed E-state index contributed by atoms with van der Waals surface area (Å²) < 4.78 is 5.47. The molecule has 1 heterocycles. The van der Waals surface area contributed by atoms with Crippen molar-refractivity contribution in [2.75, 3.05) is 17.2 Å². The van der Waals surface area contributed by atoms with E-state index in [1.807, 2.05) is 44.2 Å². The number of anilines is 4. The van der Waals surface area contributed by atoms with Crippen LogP contribution in [0.25, 0.3) is 0 Å². The lowest BCUT2D eigenvalue weighted by molar-refractivity contribution is 0.340. The van der Waals surface area contributed by atoms with Gasteiger partial charge in [0, 0.05) is 23.1 Å². The maximum absolute atomic E-state index is 5.47. The van der Waals surface area contributed by atoms with Gasteiger partial charge in [-0.2, -0.15) is 4.98 Å². The highest BCUT2D eigenvalue weighted by atomic mass is 16.5. The quantitative estimate of drug-likeness (QED) is 0.634. The molecule has 0 radical (unpaired) electrons. The Bertz CT molecular complexity index is 871. The zero-order valence-corrected chi connectivity index (χ0v) is 15.6. The molecule has 0 saturated carbocycles. The van der Waals surface area contributed by atoms with Crippen molar-refractivity contribution in [1.29, 1.82) is 0 Å². The molecule has 2 N–H and O–H groups in total. The fourth-order valence-electron chi connectivity index (χ4n) is 2.81. The van der Waals surface area contributed by atoms with Crippen molar-refractivity contribution in [2.45, 2.75) is 27.7 Å². The monoisotopic (exact) mass is 348 g/mol. The standard InChI is InChI=1S/C21H24N4O/c1-5-26-19-8-6-17(7-9-19)23-20-13-16(4)22-21(25-20)24-18-11-14(2)10-15(3)12-18/h6-13H,5H2,1-4H3,(H2,22,23,24,25). The van der Waals surface area contributed by atoms with Crippen LogP contribution < -0.4 is 15.4 Å². The Hall–Kier alpha value is -3.08. The molecule has 0 bridgehead atoms. The minimum atomic E-state index is 0.573. The van der Waals surface area contributed by atoms with E-state index in [4.69, 9.17) is 4.74 Å². The van der Waals surface area contributed by atoms with Crippen LogP contribution in [0, 0.1) is 20.8 Å². The van der Waals surface area contributed by atoms with Crippen LogP contribution in [-0.2, 0) is 0 Å². The highest BCUT2D eigenvalue weighted by Gasteiger charge is 2.05. The first-order valence-corrected chi connectivity index (χ1v) is 8.73. The third-order valence-corrected chi connectivity index (χ3v) is 3.77. The average Bonchev–Trinajstić information content (AvgIpc) is 2.55. The summed E-state index contributed by atoms with van der Waals surface area (Å²) in [5.74, 6) is 2.17. The normalized spacial score (nSPS) is 10.5. The molecule has 134 valence electrons. The Morgan fingerprint density at radius 3 is 2.15 bits per heavy atom. The Kier molecular flexibility index (Phi) is 5.37. The molecule has 0 spiro atoms. The Morgan fingerprint density at radius 1 is 0.808 bits per heavy atom. The fourth-order valence-corrected chi connectivity index (χ4v) is 2.81. The summed E-state index contributed by atoms with van der Waals surface area (Å²) in [5.41, 5.74) is 5.23. The number of aromatic nitrogens is 2. The molecule has 0 aliphatic carbocycles. The van der Waals surface area contributed by atoms with Gasteiger partial charge < -0.3 is 15.4 Å². The second-order valence-electron chi connectivity index (χ2n) is 6.30. The number of aryl methyl sites for hydroxylation is 3. The summed E-state index contributed by atoms with van der Waals surface area (Å²) in [6.45, 7) is 8.74. The molecule has 0 amide bonds. The van der Waals surface area contributed by atoms with Crippen molar-refractivity contribution in [1.82, 2.24) is 9.97 Å². The summed E-state index contributed by atoms with van der Waals surface area (Å²) in [6, 6.07) is 16.0. The molecule has 26 heavy (non-hydrogen) atoms. The molecular weight excluding hydrogens is 324 g/mol. The Morgan fingerprint density at radius 2 is 1.50 bits per heavy atom. The summed E-state index contributed by atoms with van der Waals surface area (Å²) >= 11 is 0. The summed E-state index contributed by atoms with van der Waals surface area (Å²) in [5, 5.41) is 6.61. The third-order valence-electron chi connectivity index (χ3n) is 3.77. The molecule has 0 unspecified atom stereocenters. The van der Waals surface area contributed by atoms with Crippen molar-refractivity contribution in [3.8, 4) is 5.75 Å². The van der Waals surface area contributed by atoms with Crippen LogP contribution in [0.5, 0.6) is 5.75 Å². The van der Waals surface area contributed by atoms with Crippen LogP contribution in [0.15, 0.2) is 48.5 Å². The summed E-state index contributed by atoms with van der Waals surface area (Å²) in [4.78, 5) is 9.06. The fraction of sp³-hybridized carbons (Fsp3) is 0.238. The number of rotatable bonds is 6. The highest BCUT2D eigenvalue weighted by molar-refractivity contribution is 5.61. The van der Waals surface area contributed by atoms with Gasteiger partial charge in [0.05, 0.1) is 6.61 Å². The van der Waals surface area contributed by atoms with Crippen molar-refractivity contribution in [2.24, 2.45) is 0 Å². The van der Waals surface area contributed by atoms with Crippen molar-refractivity contribution in [3.05, 3.63) is 65.4 Å². The van der Waals surface area contributed by atoms with Crippen molar-refractivity contribution in [3.63, 3.8) is 0 Å². The van der Waals surface area contributed by atoms with Crippen LogP contribution in [0.1, 0.15) is 23.7 Å². The van der Waals surface area contributed by atoms with E-state index in [2.05, 4.69) is 52.6 Å². The van der Waals surface area contributed by atoms with Crippen LogP contribution in [0.2, 0.25) is 0 Å². The molecule has 0 aliphatic rings. The summed E-state index contributed by atoms with van der Waals surface area (Å²) in [7, 11) is 0. The van der Waals surface area contributed by atoms with Crippen LogP contribution in [-0.4, -0.2) is 16.6 Å². The molecule has 5 heteroatoms. The zero-order valence-electron chi connectivity index (χ0n) is 15.6. The first-order valence-electron chi connectivity index (χ1n) is 8.73. The predicted octanol–water partition coefficient (Wildman–Crippen LogP) is 5.29. The van der Waals surface area contributed by atoms with Crippen LogP contribution in [0.3, 0.4) is 0 Å². The smallest absolute Gasteiger partial charge is 0.229 e. The number of nitrogens with zero attached hydrogens (tertiary/aromatic N) is 2. The van der Waals surface area contributed by atoms with Gasteiger partial charge in [0.2, 0.25) is 5.95 Å². The first-order chi connectivity index (χ1) is 12.5. The number of benzene rings is 2. The lowest BCUT2D eigenvalue weighted by Gasteiger charge is -2.11. The van der Waals surface area contributed by atoms with E-state index >= 15 is 0 Å². The second kappa shape index (κ2) is 7.87. The zero-order chi connectivity index (χ0) is 18.5. The molecule has 3 rings (SSSR count). The topological polar surface area (TPSA) is 59.1 Å². The molecule has 0 atom stereocenters. The molecule has 0 fully saturated rings. The Labute approximate surface area is 154 Å². The van der Waals surface area contributed by atoms with Crippen molar-refractivity contribution >= 4 is 23.1 Å². The summed E-state index contributed by atoms with van der Waals surface area (Å²) in [6.07, 6.45) is 0. The van der Waals surface area contributed by atoms with E-state index in [1.54, 1.807) is 0 Å². The molecule has 1 aromatic heterocycles. The van der Waals surface area contributed by atoms with E-state index in [-0.39, 0.29) is 0 Å². The molecule has 5 nitrogen and oxygen atoms in total.